The van der Waals surface area contributed by atoms with Gasteiger partial charge in [0.1, 0.15) is 0 Å². The van der Waals surface area contributed by atoms with E-state index < -0.39 is 0 Å². The molecule has 0 aromatic carbocycles. The molecule has 0 radical (unpaired) electrons. The number of imidazole rings is 1. The Morgan fingerprint density at radius 2 is 2.22 bits per heavy atom. The molecule has 100 valence electrons. The average molecular weight is 248 g/mol. The Labute approximate surface area is 109 Å². The lowest BCUT2D eigenvalue weighted by atomic mass is 10.1. The van der Waals surface area contributed by atoms with Crippen molar-refractivity contribution in [2.75, 3.05) is 26.2 Å². The van der Waals surface area contributed by atoms with E-state index in [2.05, 4.69) is 19.8 Å². The summed E-state index contributed by atoms with van der Waals surface area (Å²) < 4.78 is 2.14. The van der Waals surface area contributed by atoms with Crippen molar-refractivity contribution >= 4 is 0 Å². The fourth-order valence-corrected chi connectivity index (χ4v) is 2.91. The van der Waals surface area contributed by atoms with Crippen molar-refractivity contribution in [3.63, 3.8) is 0 Å². The normalized spacial score (nSPS) is 24.8. The molecule has 1 saturated heterocycles. The molecule has 1 aliphatic heterocycles. The highest BCUT2D eigenvalue weighted by atomic mass is 15.2. The van der Waals surface area contributed by atoms with E-state index in [1.165, 1.54) is 45.3 Å². The molecule has 1 saturated carbocycles. The number of hydrogen-bond donors (Lipinski definition) is 1. The maximum atomic E-state index is 4.05. The van der Waals surface area contributed by atoms with Crippen LogP contribution < -0.4 is 5.32 Å². The van der Waals surface area contributed by atoms with Crippen LogP contribution in [-0.4, -0.2) is 46.7 Å². The molecule has 2 aliphatic rings. The van der Waals surface area contributed by atoms with E-state index in [-0.39, 0.29) is 0 Å². The van der Waals surface area contributed by atoms with E-state index >= 15 is 0 Å². The Morgan fingerprint density at radius 3 is 3.00 bits per heavy atom. The summed E-state index contributed by atoms with van der Waals surface area (Å²) in [5.41, 5.74) is 0. The van der Waals surface area contributed by atoms with Crippen molar-refractivity contribution in [3.05, 3.63) is 18.7 Å². The largest absolute Gasteiger partial charge is 0.337 e. The lowest BCUT2D eigenvalue weighted by molar-refractivity contribution is 0.311. The highest BCUT2D eigenvalue weighted by Crippen LogP contribution is 2.31. The van der Waals surface area contributed by atoms with E-state index in [1.807, 2.05) is 18.7 Å². The van der Waals surface area contributed by atoms with Crippen molar-refractivity contribution in [2.45, 2.75) is 38.3 Å². The number of rotatable bonds is 7. The number of aryl methyl sites for hydroxylation is 1. The van der Waals surface area contributed by atoms with Crippen molar-refractivity contribution in [3.8, 4) is 0 Å². The summed E-state index contributed by atoms with van der Waals surface area (Å²) in [4.78, 5) is 6.74. The Morgan fingerprint density at radius 1 is 1.28 bits per heavy atom. The standard InChI is InChI=1S/C14H24N4/c1(7-17-9-6-16-12-17)5-15-10-13-4-8-18(11-13)14-2-3-14/h6,9,12-15H,1-5,7-8,10-11H2. The molecule has 4 nitrogen and oxygen atoms in total. The van der Waals surface area contributed by atoms with Crippen LogP contribution in [0.15, 0.2) is 18.7 Å². The van der Waals surface area contributed by atoms with Gasteiger partial charge >= 0.3 is 0 Å². The molecule has 3 rings (SSSR count). The molecule has 0 amide bonds. The minimum Gasteiger partial charge on any atom is -0.337 e. The van der Waals surface area contributed by atoms with E-state index in [0.29, 0.717) is 0 Å². The molecular weight excluding hydrogens is 224 g/mol. The summed E-state index contributed by atoms with van der Waals surface area (Å²) in [5.74, 6) is 0.888. The molecular formula is C14H24N4. The molecule has 0 bridgehead atoms. The summed E-state index contributed by atoms with van der Waals surface area (Å²) in [5, 5.41) is 3.61. The minimum absolute atomic E-state index is 0.888. The number of aromatic nitrogens is 2. The topological polar surface area (TPSA) is 33.1 Å². The first-order chi connectivity index (χ1) is 8.92. The third-order valence-electron chi connectivity index (χ3n) is 4.14. The van der Waals surface area contributed by atoms with Crippen molar-refractivity contribution < 1.29 is 0 Å². The van der Waals surface area contributed by atoms with Gasteiger partial charge in [0.15, 0.2) is 0 Å². The molecule has 1 aliphatic carbocycles. The summed E-state index contributed by atoms with van der Waals surface area (Å²) >= 11 is 0. The molecule has 1 unspecified atom stereocenters. The Hall–Kier alpha value is -0.870. The number of nitrogens with one attached hydrogen (secondary N) is 1. The molecule has 1 aromatic rings. The van der Waals surface area contributed by atoms with Gasteiger partial charge in [-0.05, 0) is 51.2 Å². The average Bonchev–Trinajstić information content (AvgIpc) is 2.92. The molecule has 18 heavy (non-hydrogen) atoms. The van der Waals surface area contributed by atoms with Crippen molar-refractivity contribution in [1.82, 2.24) is 19.8 Å². The molecule has 1 aromatic heterocycles. The first-order valence-corrected chi connectivity index (χ1v) is 7.32. The second kappa shape index (κ2) is 5.85. The SMILES string of the molecule is c1cn(CCCNCC2CCN(C3CC3)C2)cn1. The van der Waals surface area contributed by atoms with Gasteiger partial charge in [-0.3, -0.25) is 0 Å². The predicted octanol–water partition coefficient (Wildman–Crippen LogP) is 1.35. The molecule has 1 N–H and O–H groups in total. The fraction of sp³-hybridized carbons (Fsp3) is 0.786. The Balaban J connectivity index is 1.24. The molecule has 2 heterocycles. The maximum Gasteiger partial charge on any atom is 0.0945 e. The smallest absolute Gasteiger partial charge is 0.0945 e. The van der Waals surface area contributed by atoms with Gasteiger partial charge in [0.25, 0.3) is 0 Å². The van der Waals surface area contributed by atoms with E-state index in [0.717, 1.165) is 25.0 Å². The quantitative estimate of drug-likeness (QED) is 0.739. The lowest BCUT2D eigenvalue weighted by Crippen LogP contribution is -2.28. The summed E-state index contributed by atoms with van der Waals surface area (Å²) in [6.07, 6.45) is 11.3. The van der Waals surface area contributed by atoms with Gasteiger partial charge in [-0.15, -0.1) is 0 Å². The molecule has 4 heteroatoms. The highest BCUT2D eigenvalue weighted by Gasteiger charge is 2.33. The first-order valence-electron chi connectivity index (χ1n) is 7.32. The van der Waals surface area contributed by atoms with Crippen LogP contribution in [0.25, 0.3) is 0 Å². The van der Waals surface area contributed by atoms with Gasteiger partial charge in [-0.1, -0.05) is 0 Å². The van der Waals surface area contributed by atoms with Crippen LogP contribution in [0, 0.1) is 5.92 Å². The van der Waals surface area contributed by atoms with Crippen LogP contribution in [0.3, 0.4) is 0 Å². The monoisotopic (exact) mass is 248 g/mol. The fourth-order valence-electron chi connectivity index (χ4n) is 2.91. The van der Waals surface area contributed by atoms with Crippen molar-refractivity contribution in [1.29, 1.82) is 0 Å². The Bertz CT molecular complexity index is 345. The van der Waals surface area contributed by atoms with Crippen LogP contribution in [0.2, 0.25) is 0 Å². The van der Waals surface area contributed by atoms with Gasteiger partial charge in [0.2, 0.25) is 0 Å². The number of likely N-dealkylation sites (tertiary alicyclic amines) is 1. The van der Waals surface area contributed by atoms with Gasteiger partial charge in [-0.2, -0.15) is 0 Å². The molecule has 1 atom stereocenters. The van der Waals surface area contributed by atoms with E-state index in [1.54, 1.807) is 0 Å². The minimum atomic E-state index is 0.888. The second-order valence-electron chi connectivity index (χ2n) is 5.74. The van der Waals surface area contributed by atoms with Crippen LogP contribution in [0.1, 0.15) is 25.7 Å². The van der Waals surface area contributed by atoms with Gasteiger partial charge in [0, 0.05) is 31.5 Å². The lowest BCUT2D eigenvalue weighted by Gasteiger charge is -2.15. The zero-order valence-electron chi connectivity index (χ0n) is 11.1. The zero-order valence-corrected chi connectivity index (χ0v) is 11.1. The third kappa shape index (κ3) is 3.33. The summed E-state index contributed by atoms with van der Waals surface area (Å²) in [6.45, 7) is 6.07. The highest BCUT2D eigenvalue weighted by molar-refractivity contribution is 4.89. The van der Waals surface area contributed by atoms with Crippen LogP contribution in [-0.2, 0) is 6.54 Å². The maximum absolute atomic E-state index is 4.05. The number of nitrogens with zero attached hydrogens (tertiary/aromatic N) is 3. The third-order valence-corrected chi connectivity index (χ3v) is 4.14. The van der Waals surface area contributed by atoms with Gasteiger partial charge in [-0.25, -0.2) is 4.98 Å². The summed E-state index contributed by atoms with van der Waals surface area (Å²) in [6, 6.07) is 0.955. The van der Waals surface area contributed by atoms with E-state index in [9.17, 15) is 0 Å². The number of hydrogen-bond acceptors (Lipinski definition) is 3. The molecule has 0 spiro atoms. The van der Waals surface area contributed by atoms with Crippen LogP contribution in [0.4, 0.5) is 0 Å². The van der Waals surface area contributed by atoms with Gasteiger partial charge < -0.3 is 14.8 Å². The van der Waals surface area contributed by atoms with Crippen LogP contribution >= 0.6 is 0 Å². The van der Waals surface area contributed by atoms with Gasteiger partial charge in [0.05, 0.1) is 6.33 Å². The summed E-state index contributed by atoms with van der Waals surface area (Å²) in [7, 11) is 0. The zero-order chi connectivity index (χ0) is 12.2. The Kier molecular flexibility index (Phi) is 3.96. The predicted molar refractivity (Wildman–Crippen MR) is 72.4 cm³/mol. The van der Waals surface area contributed by atoms with Crippen LogP contribution in [0.5, 0.6) is 0 Å². The van der Waals surface area contributed by atoms with Crippen molar-refractivity contribution in [2.24, 2.45) is 5.92 Å². The molecule has 2 fully saturated rings. The first kappa shape index (κ1) is 12.2. The van der Waals surface area contributed by atoms with E-state index in [4.69, 9.17) is 0 Å². The second-order valence-corrected chi connectivity index (χ2v) is 5.74.